The third kappa shape index (κ3) is 4.68. The quantitative estimate of drug-likeness (QED) is 0.494. The topological polar surface area (TPSA) is 119 Å². The first-order valence-corrected chi connectivity index (χ1v) is 6.22. The summed E-state index contributed by atoms with van der Waals surface area (Å²) >= 11 is 0. The molecule has 20 heavy (non-hydrogen) atoms. The number of aliphatic carboxylic acids is 1. The predicted molar refractivity (Wildman–Crippen MR) is 71.7 cm³/mol. The number of amides is 2. The number of nitrogens with one attached hydrogen (secondary N) is 2. The molecule has 0 aliphatic heterocycles. The minimum absolute atomic E-state index is 0.00270. The van der Waals surface area contributed by atoms with Gasteiger partial charge in [0, 0.05) is 13.0 Å². The minimum Gasteiger partial charge on any atom is -0.504 e. The van der Waals surface area contributed by atoms with Gasteiger partial charge in [-0.05, 0) is 24.1 Å². The van der Waals surface area contributed by atoms with E-state index in [1.807, 2.05) is 6.92 Å². The Morgan fingerprint density at radius 1 is 1.25 bits per heavy atom. The van der Waals surface area contributed by atoms with Gasteiger partial charge in [-0.25, -0.2) is 9.59 Å². The largest absolute Gasteiger partial charge is 0.504 e. The number of carboxylic acid groups (broad SMARTS) is 1. The highest BCUT2D eigenvalue weighted by atomic mass is 16.4. The van der Waals surface area contributed by atoms with Crippen LogP contribution in [0.1, 0.15) is 18.9 Å². The van der Waals surface area contributed by atoms with Crippen LogP contribution >= 0.6 is 0 Å². The number of benzene rings is 1. The lowest BCUT2D eigenvalue weighted by Crippen LogP contribution is -2.47. The Bertz CT molecular complexity index is 490. The van der Waals surface area contributed by atoms with Gasteiger partial charge in [-0.2, -0.15) is 0 Å². The van der Waals surface area contributed by atoms with Gasteiger partial charge in [0.1, 0.15) is 6.04 Å². The molecule has 0 spiro atoms. The summed E-state index contributed by atoms with van der Waals surface area (Å²) in [5, 5.41) is 32.5. The van der Waals surface area contributed by atoms with E-state index in [2.05, 4.69) is 10.6 Å². The molecule has 0 fully saturated rings. The Labute approximate surface area is 116 Å². The molecule has 1 rings (SSSR count). The molecule has 0 saturated heterocycles. The number of phenols is 2. The fraction of sp³-hybridized carbons (Fsp3) is 0.385. The van der Waals surface area contributed by atoms with Crippen molar-refractivity contribution < 1.29 is 24.9 Å². The summed E-state index contributed by atoms with van der Waals surface area (Å²) < 4.78 is 0. The molecule has 0 aliphatic carbocycles. The van der Waals surface area contributed by atoms with Crippen LogP contribution in [0.15, 0.2) is 18.2 Å². The lowest BCUT2D eigenvalue weighted by atomic mass is 10.1. The number of carboxylic acids is 1. The highest BCUT2D eigenvalue weighted by molar-refractivity contribution is 5.82. The molecule has 0 unspecified atom stereocenters. The van der Waals surface area contributed by atoms with Gasteiger partial charge in [0.2, 0.25) is 0 Å². The molecule has 0 radical (unpaired) electrons. The first kappa shape index (κ1) is 15.6. The molecular weight excluding hydrogens is 264 g/mol. The average Bonchev–Trinajstić information content (AvgIpc) is 2.39. The van der Waals surface area contributed by atoms with Crippen molar-refractivity contribution in [3.05, 3.63) is 23.8 Å². The van der Waals surface area contributed by atoms with Crippen molar-refractivity contribution in [1.82, 2.24) is 10.6 Å². The van der Waals surface area contributed by atoms with E-state index in [0.29, 0.717) is 12.1 Å². The summed E-state index contributed by atoms with van der Waals surface area (Å²) in [6.07, 6.45) is 0.750. The van der Waals surface area contributed by atoms with Crippen LogP contribution < -0.4 is 10.6 Å². The normalized spacial score (nSPS) is 11.7. The molecule has 0 aliphatic rings. The molecule has 5 N–H and O–H groups in total. The third-order valence-corrected chi connectivity index (χ3v) is 2.62. The van der Waals surface area contributed by atoms with Gasteiger partial charge in [0.15, 0.2) is 11.5 Å². The van der Waals surface area contributed by atoms with Crippen LogP contribution in [-0.4, -0.2) is 39.9 Å². The van der Waals surface area contributed by atoms with Gasteiger partial charge < -0.3 is 26.0 Å². The van der Waals surface area contributed by atoms with Gasteiger partial charge >= 0.3 is 12.0 Å². The third-order valence-electron chi connectivity index (χ3n) is 2.62. The highest BCUT2D eigenvalue weighted by Crippen LogP contribution is 2.25. The molecule has 7 heteroatoms. The lowest BCUT2D eigenvalue weighted by molar-refractivity contribution is -0.139. The second-order valence-corrected chi connectivity index (χ2v) is 4.32. The van der Waals surface area contributed by atoms with Gasteiger partial charge in [0.25, 0.3) is 0 Å². The van der Waals surface area contributed by atoms with Crippen LogP contribution in [-0.2, 0) is 11.2 Å². The van der Waals surface area contributed by atoms with Crippen molar-refractivity contribution in [1.29, 1.82) is 0 Å². The van der Waals surface area contributed by atoms with E-state index >= 15 is 0 Å². The monoisotopic (exact) mass is 282 g/mol. The van der Waals surface area contributed by atoms with Gasteiger partial charge in [0.05, 0.1) is 0 Å². The number of hydrogen-bond acceptors (Lipinski definition) is 4. The highest BCUT2D eigenvalue weighted by Gasteiger charge is 2.20. The van der Waals surface area contributed by atoms with Gasteiger partial charge in [-0.15, -0.1) is 0 Å². The van der Waals surface area contributed by atoms with Gasteiger partial charge in [-0.1, -0.05) is 13.0 Å². The Balaban J connectivity index is 2.69. The average molecular weight is 282 g/mol. The Morgan fingerprint density at radius 2 is 1.95 bits per heavy atom. The smallest absolute Gasteiger partial charge is 0.326 e. The SMILES string of the molecule is CCCNC(=O)N[C@@H](Cc1ccc(O)c(O)c1)C(=O)O. The standard InChI is InChI=1S/C13H18N2O5/c1-2-5-14-13(20)15-9(12(18)19)6-8-3-4-10(16)11(17)7-8/h3-4,7,9,16-17H,2,5-6H2,1H3,(H,18,19)(H2,14,15,20)/t9-/m0/s1. The maximum Gasteiger partial charge on any atom is 0.326 e. The predicted octanol–water partition coefficient (Wildman–Crippen LogP) is 0.803. The Kier molecular flexibility index (Phi) is 5.64. The molecule has 2 amide bonds. The maximum absolute atomic E-state index is 11.5. The van der Waals surface area contributed by atoms with Crippen molar-refractivity contribution in [2.24, 2.45) is 0 Å². The molecule has 0 saturated carbocycles. The summed E-state index contributed by atoms with van der Waals surface area (Å²) in [6.45, 7) is 2.34. The van der Waals surface area contributed by atoms with Crippen LogP contribution in [0.25, 0.3) is 0 Å². The zero-order valence-corrected chi connectivity index (χ0v) is 11.1. The van der Waals surface area contributed by atoms with Crippen LogP contribution in [0.2, 0.25) is 0 Å². The van der Waals surface area contributed by atoms with Crippen LogP contribution in [0, 0.1) is 0 Å². The minimum atomic E-state index is -1.18. The van der Waals surface area contributed by atoms with E-state index in [-0.39, 0.29) is 17.9 Å². The van der Waals surface area contributed by atoms with Gasteiger partial charge in [-0.3, -0.25) is 0 Å². The van der Waals surface area contributed by atoms with E-state index in [0.717, 1.165) is 6.42 Å². The Hall–Kier alpha value is -2.44. The molecule has 7 nitrogen and oxygen atoms in total. The summed E-state index contributed by atoms with van der Waals surface area (Å²) in [7, 11) is 0. The van der Waals surface area contributed by atoms with Crippen LogP contribution in [0.5, 0.6) is 11.5 Å². The molecule has 110 valence electrons. The van der Waals surface area contributed by atoms with Crippen molar-refractivity contribution in [3.8, 4) is 11.5 Å². The first-order valence-electron chi connectivity index (χ1n) is 6.22. The van der Waals surface area contributed by atoms with E-state index in [1.165, 1.54) is 18.2 Å². The molecular formula is C13H18N2O5. The zero-order valence-electron chi connectivity index (χ0n) is 11.1. The number of carbonyl (C=O) groups is 2. The fourth-order valence-corrected chi connectivity index (χ4v) is 1.58. The van der Waals surface area contributed by atoms with Crippen molar-refractivity contribution in [2.75, 3.05) is 6.54 Å². The van der Waals surface area contributed by atoms with Crippen molar-refractivity contribution >= 4 is 12.0 Å². The van der Waals surface area contributed by atoms with Crippen LogP contribution in [0.3, 0.4) is 0 Å². The van der Waals surface area contributed by atoms with Crippen LogP contribution in [0.4, 0.5) is 4.79 Å². The van der Waals surface area contributed by atoms with Crippen molar-refractivity contribution in [2.45, 2.75) is 25.8 Å². The summed E-state index contributed by atoms with van der Waals surface area (Å²) in [5.41, 5.74) is 0.489. The van der Waals surface area contributed by atoms with E-state index in [9.17, 15) is 19.8 Å². The Morgan fingerprint density at radius 3 is 2.50 bits per heavy atom. The first-order chi connectivity index (χ1) is 9.43. The number of aromatic hydroxyl groups is 2. The molecule has 0 bridgehead atoms. The second-order valence-electron chi connectivity index (χ2n) is 4.32. The molecule has 1 aromatic carbocycles. The lowest BCUT2D eigenvalue weighted by Gasteiger charge is -2.15. The molecule has 0 heterocycles. The number of phenolic OH excluding ortho intramolecular Hbond substituents is 2. The number of hydrogen-bond donors (Lipinski definition) is 5. The summed E-state index contributed by atoms with van der Waals surface area (Å²) in [6, 6.07) is 2.34. The number of rotatable bonds is 6. The number of urea groups is 1. The molecule has 0 aromatic heterocycles. The zero-order chi connectivity index (χ0) is 15.1. The van der Waals surface area contributed by atoms with E-state index < -0.39 is 18.0 Å². The second kappa shape index (κ2) is 7.22. The van der Waals surface area contributed by atoms with Crippen molar-refractivity contribution in [3.63, 3.8) is 0 Å². The molecule has 1 aromatic rings. The van der Waals surface area contributed by atoms with E-state index in [4.69, 9.17) is 5.11 Å². The summed E-state index contributed by atoms with van der Waals surface area (Å²) in [4.78, 5) is 22.6. The molecule has 1 atom stereocenters. The maximum atomic E-state index is 11.5. The van der Waals surface area contributed by atoms with E-state index in [1.54, 1.807) is 0 Å². The fourth-order valence-electron chi connectivity index (χ4n) is 1.58. The number of carbonyl (C=O) groups excluding carboxylic acids is 1. The summed E-state index contributed by atoms with van der Waals surface area (Å²) in [5.74, 6) is -1.79.